The molecule has 15 heavy (non-hydrogen) atoms. The molecule has 0 aliphatic carbocycles. The number of allylic oxidation sites excluding steroid dienone is 1. The summed E-state index contributed by atoms with van der Waals surface area (Å²) in [5.41, 5.74) is 5.69. The molecule has 78 valence electrons. The van der Waals surface area contributed by atoms with Crippen LogP contribution < -0.4 is 0 Å². The Balaban J connectivity index is 2.21. The van der Waals surface area contributed by atoms with E-state index in [9.17, 15) is 0 Å². The smallest absolute Gasteiger partial charge is 0.0563 e. The molecule has 1 fully saturated rings. The highest BCUT2D eigenvalue weighted by atomic mass is 15.2. The van der Waals surface area contributed by atoms with Crippen molar-refractivity contribution in [3.63, 3.8) is 0 Å². The average molecular weight is 199 g/mol. The van der Waals surface area contributed by atoms with Crippen LogP contribution in [-0.4, -0.2) is 11.4 Å². The number of nitrogens with zero attached hydrogens (tertiary/aromatic N) is 1. The first-order valence-corrected chi connectivity index (χ1v) is 5.53. The molecule has 1 aromatic carbocycles. The third-order valence-electron chi connectivity index (χ3n) is 3.11. The van der Waals surface area contributed by atoms with Crippen LogP contribution in [0.4, 0.5) is 0 Å². The third-order valence-corrected chi connectivity index (χ3v) is 3.11. The Morgan fingerprint density at radius 2 is 2.07 bits per heavy atom. The van der Waals surface area contributed by atoms with E-state index < -0.39 is 0 Å². The zero-order chi connectivity index (χ0) is 10.7. The van der Waals surface area contributed by atoms with Gasteiger partial charge >= 0.3 is 0 Å². The van der Waals surface area contributed by atoms with Crippen molar-refractivity contribution in [2.75, 3.05) is 6.54 Å². The van der Waals surface area contributed by atoms with E-state index in [2.05, 4.69) is 54.5 Å². The van der Waals surface area contributed by atoms with Gasteiger partial charge in [-0.3, -0.25) is 0 Å². The first kappa shape index (κ1) is 10.1. The molecule has 0 saturated carbocycles. The Hall–Kier alpha value is -1.46. The van der Waals surface area contributed by atoms with Crippen LogP contribution in [0.15, 0.2) is 48.3 Å². The summed E-state index contributed by atoms with van der Waals surface area (Å²) < 4.78 is 0. The van der Waals surface area contributed by atoms with Crippen LogP contribution in [0.2, 0.25) is 0 Å². The fourth-order valence-corrected chi connectivity index (χ4v) is 2.22. The van der Waals surface area contributed by atoms with Gasteiger partial charge in [0, 0.05) is 6.54 Å². The summed E-state index contributed by atoms with van der Waals surface area (Å²) in [4.78, 5) is 2.41. The molecule has 1 aliphatic heterocycles. The fraction of sp³-hybridized carbons (Fsp3) is 0.357. The van der Waals surface area contributed by atoms with Crippen molar-refractivity contribution in [1.82, 2.24) is 4.90 Å². The minimum Gasteiger partial charge on any atom is -0.362 e. The van der Waals surface area contributed by atoms with Gasteiger partial charge in [-0.2, -0.15) is 0 Å². The summed E-state index contributed by atoms with van der Waals surface area (Å²) in [5, 5.41) is 0. The zero-order valence-electron chi connectivity index (χ0n) is 9.24. The summed E-state index contributed by atoms with van der Waals surface area (Å²) in [6.07, 6.45) is 2.36. The fourth-order valence-electron chi connectivity index (χ4n) is 2.22. The summed E-state index contributed by atoms with van der Waals surface area (Å²) >= 11 is 0. The van der Waals surface area contributed by atoms with Crippen molar-refractivity contribution < 1.29 is 0 Å². The normalized spacial score (nSPS) is 17.7. The Morgan fingerprint density at radius 3 is 2.73 bits per heavy atom. The maximum Gasteiger partial charge on any atom is 0.0563 e. The molecular formula is C14H17N. The second-order valence-electron chi connectivity index (χ2n) is 4.01. The van der Waals surface area contributed by atoms with E-state index in [1.54, 1.807) is 0 Å². The van der Waals surface area contributed by atoms with Gasteiger partial charge in [0.2, 0.25) is 0 Å². The van der Waals surface area contributed by atoms with Gasteiger partial charge in [-0.1, -0.05) is 36.9 Å². The van der Waals surface area contributed by atoms with Gasteiger partial charge in [0.15, 0.2) is 0 Å². The van der Waals surface area contributed by atoms with Crippen LogP contribution >= 0.6 is 0 Å². The standard InChI is InChI=1S/C14H17N/c1-3-14-10-7-11-15(14)12(2)13-8-5-4-6-9-13/h4-6,8-9,12H,1,7,10-11H2,2H3/t12-/m0/s1. The lowest BCUT2D eigenvalue weighted by Gasteiger charge is -2.27. The molecule has 1 nitrogen and oxygen atoms in total. The van der Waals surface area contributed by atoms with Crippen molar-refractivity contribution in [2.24, 2.45) is 0 Å². The molecule has 0 bridgehead atoms. The van der Waals surface area contributed by atoms with Crippen LogP contribution in [0.3, 0.4) is 0 Å². The topological polar surface area (TPSA) is 3.24 Å². The van der Waals surface area contributed by atoms with E-state index in [4.69, 9.17) is 0 Å². The molecule has 1 atom stereocenters. The summed E-state index contributed by atoms with van der Waals surface area (Å²) in [5.74, 6) is 0. The number of rotatable bonds is 2. The maximum atomic E-state index is 3.77. The molecule has 1 heterocycles. The number of hydrogen-bond acceptors (Lipinski definition) is 1. The molecule has 1 heteroatoms. The first-order chi connectivity index (χ1) is 7.33. The Kier molecular flexibility index (Phi) is 2.94. The van der Waals surface area contributed by atoms with E-state index in [0.717, 1.165) is 13.0 Å². The van der Waals surface area contributed by atoms with E-state index in [1.165, 1.54) is 17.7 Å². The molecule has 0 amide bonds. The van der Waals surface area contributed by atoms with Gasteiger partial charge < -0.3 is 4.90 Å². The van der Waals surface area contributed by atoms with Gasteiger partial charge in [0.05, 0.1) is 11.7 Å². The summed E-state index contributed by atoms with van der Waals surface area (Å²) in [7, 11) is 0. The van der Waals surface area contributed by atoms with E-state index in [0.29, 0.717) is 6.04 Å². The molecule has 0 radical (unpaired) electrons. The summed E-state index contributed by atoms with van der Waals surface area (Å²) in [6, 6.07) is 11.1. The van der Waals surface area contributed by atoms with Crippen LogP contribution in [0.5, 0.6) is 0 Å². The Labute approximate surface area is 91.7 Å². The quantitative estimate of drug-likeness (QED) is 0.659. The number of benzene rings is 1. The van der Waals surface area contributed by atoms with Crippen molar-refractivity contribution in [2.45, 2.75) is 25.8 Å². The lowest BCUT2D eigenvalue weighted by Crippen LogP contribution is -2.21. The van der Waals surface area contributed by atoms with Crippen molar-refractivity contribution >= 4 is 0 Å². The van der Waals surface area contributed by atoms with E-state index in [1.807, 2.05) is 0 Å². The molecular weight excluding hydrogens is 182 g/mol. The Morgan fingerprint density at radius 1 is 1.33 bits per heavy atom. The lowest BCUT2D eigenvalue weighted by molar-refractivity contribution is 0.310. The van der Waals surface area contributed by atoms with E-state index in [-0.39, 0.29) is 0 Å². The number of hydrogen-bond donors (Lipinski definition) is 0. The molecule has 0 spiro atoms. The van der Waals surface area contributed by atoms with Crippen LogP contribution in [0, 0.1) is 0 Å². The minimum absolute atomic E-state index is 0.443. The molecule has 1 saturated heterocycles. The van der Waals surface area contributed by atoms with Crippen molar-refractivity contribution in [1.29, 1.82) is 0 Å². The first-order valence-electron chi connectivity index (χ1n) is 5.53. The van der Waals surface area contributed by atoms with Gasteiger partial charge in [0.25, 0.3) is 0 Å². The highest BCUT2D eigenvalue weighted by Crippen LogP contribution is 2.30. The lowest BCUT2D eigenvalue weighted by atomic mass is 10.1. The highest BCUT2D eigenvalue weighted by Gasteiger charge is 2.22. The second-order valence-corrected chi connectivity index (χ2v) is 4.01. The van der Waals surface area contributed by atoms with Crippen LogP contribution in [0.25, 0.3) is 0 Å². The predicted octanol–water partition coefficient (Wildman–Crippen LogP) is 3.51. The molecule has 1 aromatic rings. The van der Waals surface area contributed by atoms with Crippen LogP contribution in [-0.2, 0) is 0 Å². The SMILES string of the molecule is C=C=C1CCCN1[C@@H](C)c1ccccc1. The molecule has 2 rings (SSSR count). The van der Waals surface area contributed by atoms with Crippen molar-refractivity contribution in [3.05, 3.63) is 53.9 Å². The van der Waals surface area contributed by atoms with Gasteiger partial charge in [-0.05, 0) is 25.3 Å². The third kappa shape index (κ3) is 1.98. The van der Waals surface area contributed by atoms with Gasteiger partial charge in [-0.25, -0.2) is 0 Å². The number of likely N-dealkylation sites (tertiary alicyclic amines) is 1. The van der Waals surface area contributed by atoms with E-state index >= 15 is 0 Å². The highest BCUT2D eigenvalue weighted by molar-refractivity contribution is 5.21. The monoisotopic (exact) mass is 199 g/mol. The predicted molar refractivity (Wildman–Crippen MR) is 63.5 cm³/mol. The molecule has 0 N–H and O–H groups in total. The van der Waals surface area contributed by atoms with Crippen LogP contribution in [0.1, 0.15) is 31.4 Å². The molecule has 1 aliphatic rings. The average Bonchev–Trinajstić information content (AvgIpc) is 2.77. The molecule has 0 aromatic heterocycles. The second kappa shape index (κ2) is 4.37. The Bertz CT molecular complexity index is 374. The largest absolute Gasteiger partial charge is 0.362 e. The molecule has 0 unspecified atom stereocenters. The summed E-state index contributed by atoms with van der Waals surface area (Å²) in [6.45, 7) is 7.15. The van der Waals surface area contributed by atoms with Gasteiger partial charge in [-0.15, -0.1) is 5.73 Å². The maximum absolute atomic E-state index is 3.77. The minimum atomic E-state index is 0.443. The zero-order valence-corrected chi connectivity index (χ0v) is 9.24. The van der Waals surface area contributed by atoms with Crippen molar-refractivity contribution in [3.8, 4) is 0 Å². The van der Waals surface area contributed by atoms with Gasteiger partial charge in [0.1, 0.15) is 0 Å².